The third-order valence-corrected chi connectivity index (χ3v) is 12.8. The maximum Gasteiger partial charge on any atom is 0.329 e. The zero-order chi connectivity index (χ0) is 40.7. The zero-order valence-electron chi connectivity index (χ0n) is 34.4. The van der Waals surface area contributed by atoms with Crippen molar-refractivity contribution < 1.29 is 19.1 Å². The fourth-order valence-electron chi connectivity index (χ4n) is 8.97. The van der Waals surface area contributed by atoms with Gasteiger partial charge in [0, 0.05) is 70.3 Å². The highest BCUT2D eigenvalue weighted by atomic mass is 16.5. The lowest BCUT2D eigenvalue weighted by Crippen LogP contribution is -2.44. The second-order valence-corrected chi connectivity index (χ2v) is 17.1. The number of benzene rings is 1. The number of aromatic amines is 1. The molecule has 5 aromatic rings. The number of pyridine rings is 1. The number of para-hydroxylation sites is 1. The van der Waals surface area contributed by atoms with Crippen LogP contribution >= 0.6 is 0 Å². The summed E-state index contributed by atoms with van der Waals surface area (Å²) in [6.07, 6.45) is 15.1. The number of nitrogens with one attached hydrogen (secondary N) is 2. The van der Waals surface area contributed by atoms with Gasteiger partial charge in [0.25, 0.3) is 0 Å². The van der Waals surface area contributed by atoms with E-state index in [0.717, 1.165) is 110 Å². The van der Waals surface area contributed by atoms with Gasteiger partial charge in [0.15, 0.2) is 0 Å². The van der Waals surface area contributed by atoms with E-state index in [1.54, 1.807) is 28.7 Å². The van der Waals surface area contributed by atoms with Gasteiger partial charge in [-0.3, -0.25) is 29.1 Å². The summed E-state index contributed by atoms with van der Waals surface area (Å²) < 4.78 is 15.6. The Kier molecular flexibility index (Phi) is 10.9. The number of hydrogen-bond donors (Lipinski definition) is 2. The van der Waals surface area contributed by atoms with Crippen LogP contribution in [0.15, 0.2) is 47.7 Å². The Hall–Kier alpha value is -5.35. The number of carbonyl (C=O) groups is 2. The molecule has 7 heterocycles. The fourth-order valence-corrected chi connectivity index (χ4v) is 8.97. The molecule has 1 atom stereocenters. The summed E-state index contributed by atoms with van der Waals surface area (Å²) in [5.41, 5.74) is 4.79. The Balaban J connectivity index is 0.000000154. The number of piperazine rings is 1. The van der Waals surface area contributed by atoms with Crippen LogP contribution in [0.2, 0.25) is 0 Å². The van der Waals surface area contributed by atoms with Crippen LogP contribution in [0.3, 0.4) is 0 Å². The molecular formula is C43H55N11O5. The summed E-state index contributed by atoms with van der Waals surface area (Å²) in [6.45, 7) is 7.89. The Morgan fingerprint density at radius 2 is 1.59 bits per heavy atom. The van der Waals surface area contributed by atoms with Gasteiger partial charge < -0.3 is 24.2 Å². The SMILES string of the molecule is CN1CCN(c2cc(-c3n[nH]c4cnc(OC5(C)CC5)cc34)ncn2)CC1.Cn1c(=O)n(C2CCC(=O)NC2=O)c2cccc(N3CCC(OC4CCCCC4)CC3)c21. The minimum absolute atomic E-state index is 0.0614. The number of imide groups is 1. The molecule has 2 aliphatic carbocycles. The van der Waals surface area contributed by atoms with E-state index >= 15 is 0 Å². The summed E-state index contributed by atoms with van der Waals surface area (Å²) in [4.78, 5) is 57.5. The van der Waals surface area contributed by atoms with Gasteiger partial charge in [-0.05, 0) is 71.0 Å². The predicted octanol–water partition coefficient (Wildman–Crippen LogP) is 4.73. The molecule has 2 N–H and O–H groups in total. The molecule has 10 rings (SSSR count). The van der Waals surface area contributed by atoms with E-state index in [1.165, 1.54) is 32.1 Å². The lowest BCUT2D eigenvalue weighted by molar-refractivity contribution is -0.135. The number of aryl methyl sites for hydroxylation is 1. The second kappa shape index (κ2) is 16.4. The van der Waals surface area contributed by atoms with Gasteiger partial charge in [-0.2, -0.15) is 5.10 Å². The van der Waals surface area contributed by atoms with Crippen LogP contribution in [0, 0.1) is 0 Å². The minimum Gasteiger partial charge on any atom is -0.471 e. The largest absolute Gasteiger partial charge is 0.471 e. The van der Waals surface area contributed by atoms with Gasteiger partial charge in [0.2, 0.25) is 17.7 Å². The van der Waals surface area contributed by atoms with Crippen LogP contribution in [0.4, 0.5) is 11.5 Å². The fraction of sp³-hybridized carbons (Fsp3) is 0.558. The zero-order valence-corrected chi connectivity index (χ0v) is 34.4. The standard InChI is InChI=1S/C24H32N4O4.C19H23N7O/c1-26-22-18(27-14-12-17(13-15-27)32-16-6-3-2-4-7-16)8-5-9-19(22)28(24(26)31)20-10-11-21(29)25-23(20)30;1-19(3-4-19)27-17-9-13-15(11-20-17)23-24-18(13)14-10-16(22-12-21-14)26-7-5-25(2)6-8-26/h5,8-9,16-17,20H,2-4,6-7,10-15H2,1H3,(H,25,29,30);9-12H,3-8H2,1-2H3,(H,23,24). The van der Waals surface area contributed by atoms with Crippen molar-refractivity contribution in [2.24, 2.45) is 7.05 Å². The summed E-state index contributed by atoms with van der Waals surface area (Å²) >= 11 is 0. The number of anilines is 2. The van der Waals surface area contributed by atoms with Crippen molar-refractivity contribution in [2.45, 2.75) is 101 Å². The van der Waals surface area contributed by atoms with Crippen LogP contribution in [0.25, 0.3) is 33.3 Å². The van der Waals surface area contributed by atoms with Crippen LogP contribution < -0.4 is 25.5 Å². The summed E-state index contributed by atoms with van der Waals surface area (Å²) in [7, 11) is 3.91. The first-order chi connectivity index (χ1) is 28.6. The van der Waals surface area contributed by atoms with E-state index in [1.807, 2.05) is 24.3 Å². The molecule has 2 saturated carbocycles. The van der Waals surface area contributed by atoms with E-state index in [4.69, 9.17) is 9.47 Å². The van der Waals surface area contributed by atoms with Crippen LogP contribution in [-0.4, -0.2) is 115 Å². The molecule has 1 unspecified atom stereocenters. The first-order valence-corrected chi connectivity index (χ1v) is 21.4. The number of hydrogen-bond acceptors (Lipinski definition) is 12. The van der Waals surface area contributed by atoms with Crippen LogP contribution in [-0.2, 0) is 21.4 Å². The monoisotopic (exact) mass is 805 g/mol. The number of nitrogens with zero attached hydrogens (tertiary/aromatic N) is 9. The number of amides is 2. The molecular weight excluding hydrogens is 751 g/mol. The van der Waals surface area contributed by atoms with E-state index in [0.29, 0.717) is 24.5 Å². The smallest absolute Gasteiger partial charge is 0.329 e. The summed E-state index contributed by atoms with van der Waals surface area (Å²) in [6, 6.07) is 9.21. The molecule has 4 aromatic heterocycles. The molecule has 5 aliphatic rings. The summed E-state index contributed by atoms with van der Waals surface area (Å²) in [5, 5.41) is 10.9. The third kappa shape index (κ3) is 8.29. The molecule has 16 nitrogen and oxygen atoms in total. The summed E-state index contributed by atoms with van der Waals surface area (Å²) in [5.74, 6) is 0.902. The number of likely N-dealkylation sites (N-methyl/N-ethyl adjacent to an activating group) is 1. The van der Waals surface area contributed by atoms with Crippen molar-refractivity contribution in [1.82, 2.24) is 44.5 Å². The maximum atomic E-state index is 13.1. The molecule has 5 fully saturated rings. The van der Waals surface area contributed by atoms with Gasteiger partial charge in [0.1, 0.15) is 29.5 Å². The first kappa shape index (κ1) is 39.1. The average molecular weight is 806 g/mol. The Morgan fingerprint density at radius 3 is 2.34 bits per heavy atom. The van der Waals surface area contributed by atoms with Crippen molar-refractivity contribution in [3.05, 3.63) is 53.3 Å². The minimum atomic E-state index is -0.659. The molecule has 16 heteroatoms. The highest BCUT2D eigenvalue weighted by molar-refractivity contribution is 6.00. The van der Waals surface area contributed by atoms with Gasteiger partial charge in [0.05, 0.1) is 46.3 Å². The third-order valence-electron chi connectivity index (χ3n) is 12.8. The molecule has 3 saturated heterocycles. The van der Waals surface area contributed by atoms with Crippen molar-refractivity contribution in [3.63, 3.8) is 0 Å². The van der Waals surface area contributed by atoms with Gasteiger partial charge in [-0.25, -0.2) is 19.7 Å². The normalized spacial score (nSPS) is 21.7. The van der Waals surface area contributed by atoms with Gasteiger partial charge in [-0.15, -0.1) is 0 Å². The average Bonchev–Trinajstić information content (AvgIpc) is 3.73. The molecule has 0 radical (unpaired) electrons. The Labute approximate surface area is 343 Å². The van der Waals surface area contributed by atoms with E-state index < -0.39 is 11.9 Å². The molecule has 2 amide bonds. The van der Waals surface area contributed by atoms with Gasteiger partial charge in [-0.1, -0.05) is 25.3 Å². The van der Waals surface area contributed by atoms with Gasteiger partial charge >= 0.3 is 5.69 Å². The molecule has 1 aromatic carbocycles. The van der Waals surface area contributed by atoms with Crippen molar-refractivity contribution in [3.8, 4) is 17.3 Å². The number of carbonyl (C=O) groups excluding carboxylic acids is 2. The maximum absolute atomic E-state index is 13.1. The first-order valence-electron chi connectivity index (χ1n) is 21.4. The van der Waals surface area contributed by atoms with Crippen molar-refractivity contribution in [1.29, 1.82) is 0 Å². The molecule has 0 spiro atoms. The Morgan fingerprint density at radius 1 is 0.831 bits per heavy atom. The van der Waals surface area contributed by atoms with E-state index in [-0.39, 0.29) is 23.6 Å². The highest BCUT2D eigenvalue weighted by Crippen LogP contribution is 2.40. The van der Waals surface area contributed by atoms with Crippen LogP contribution in [0.5, 0.6) is 5.88 Å². The Bertz CT molecular complexity index is 2380. The lowest BCUT2D eigenvalue weighted by atomic mass is 9.97. The number of fused-ring (bicyclic) bond motifs is 2. The van der Waals surface area contributed by atoms with E-state index in [2.05, 4.69) is 65.2 Å². The number of rotatable bonds is 8. The number of imidazole rings is 1. The second-order valence-electron chi connectivity index (χ2n) is 17.1. The van der Waals surface area contributed by atoms with Crippen molar-refractivity contribution in [2.75, 3.05) is 56.1 Å². The topological polar surface area (TPSA) is 169 Å². The molecule has 0 bridgehead atoms. The number of aromatic nitrogens is 7. The highest BCUT2D eigenvalue weighted by Gasteiger charge is 2.40. The molecule has 59 heavy (non-hydrogen) atoms. The molecule has 3 aliphatic heterocycles. The van der Waals surface area contributed by atoms with Crippen LogP contribution in [0.1, 0.15) is 83.6 Å². The number of piperidine rings is 2. The molecule has 312 valence electrons. The predicted molar refractivity (Wildman–Crippen MR) is 225 cm³/mol. The number of ether oxygens (including phenoxy) is 2. The van der Waals surface area contributed by atoms with E-state index in [9.17, 15) is 14.4 Å². The van der Waals surface area contributed by atoms with Crippen molar-refractivity contribution >= 4 is 45.3 Å². The number of H-pyrrole nitrogens is 1. The quantitative estimate of drug-likeness (QED) is 0.207. The lowest BCUT2D eigenvalue weighted by Gasteiger charge is -2.36.